The zero-order valence-corrected chi connectivity index (χ0v) is 10.3. The third kappa shape index (κ3) is 2.78. The second-order valence-electron chi connectivity index (χ2n) is 4.89. The van der Waals surface area contributed by atoms with E-state index in [1.165, 1.54) is 25.7 Å². The number of carbonyl (C=O) groups excluding carboxylic acids is 1. The number of benzene rings is 1. The van der Waals surface area contributed by atoms with Crippen molar-refractivity contribution in [2.45, 2.75) is 38.6 Å². The monoisotopic (exact) mass is 232 g/mol. The molecule has 0 radical (unpaired) electrons. The number of nitrogens with two attached hydrogens (primary N) is 1. The lowest BCUT2D eigenvalue weighted by Gasteiger charge is -2.20. The number of nitrogens with one attached hydrogen (secondary N) is 1. The first-order valence-electron chi connectivity index (χ1n) is 6.34. The van der Waals surface area contributed by atoms with Crippen LogP contribution in [-0.4, -0.2) is 11.9 Å². The lowest BCUT2D eigenvalue weighted by Crippen LogP contribution is -2.37. The number of rotatable bonds is 3. The number of hydrogen-bond acceptors (Lipinski definition) is 2. The SMILES string of the molecule is C[C@H](NC(=O)c1ccccc1N)C1CCCC1. The summed E-state index contributed by atoms with van der Waals surface area (Å²) in [6.45, 7) is 2.09. The van der Waals surface area contributed by atoms with Crippen molar-refractivity contribution in [2.24, 2.45) is 5.92 Å². The van der Waals surface area contributed by atoms with E-state index < -0.39 is 0 Å². The Bertz CT molecular complexity index is 397. The summed E-state index contributed by atoms with van der Waals surface area (Å²) >= 11 is 0. The first-order valence-corrected chi connectivity index (χ1v) is 6.34. The third-order valence-electron chi connectivity index (χ3n) is 3.67. The maximum absolute atomic E-state index is 12.0. The van der Waals surface area contributed by atoms with Gasteiger partial charge in [-0.25, -0.2) is 0 Å². The van der Waals surface area contributed by atoms with Crippen molar-refractivity contribution < 1.29 is 4.79 Å². The minimum atomic E-state index is -0.0532. The highest BCUT2D eigenvalue weighted by atomic mass is 16.1. The molecule has 3 nitrogen and oxygen atoms in total. The van der Waals surface area contributed by atoms with Crippen LogP contribution in [0.25, 0.3) is 0 Å². The molecule has 1 fully saturated rings. The number of para-hydroxylation sites is 1. The van der Waals surface area contributed by atoms with Crippen LogP contribution in [-0.2, 0) is 0 Å². The summed E-state index contributed by atoms with van der Waals surface area (Å²) in [6.07, 6.45) is 5.04. The van der Waals surface area contributed by atoms with Crippen molar-refractivity contribution in [1.29, 1.82) is 0 Å². The number of hydrogen-bond donors (Lipinski definition) is 2. The molecule has 1 saturated carbocycles. The van der Waals surface area contributed by atoms with Gasteiger partial charge in [-0.3, -0.25) is 4.79 Å². The quantitative estimate of drug-likeness (QED) is 0.787. The molecule has 1 aliphatic rings. The Morgan fingerprint density at radius 1 is 1.35 bits per heavy atom. The normalized spacial score (nSPS) is 17.9. The average Bonchev–Trinajstić information content (AvgIpc) is 2.82. The van der Waals surface area contributed by atoms with Crippen LogP contribution < -0.4 is 11.1 Å². The molecule has 0 saturated heterocycles. The van der Waals surface area contributed by atoms with Gasteiger partial charge in [0.2, 0.25) is 0 Å². The van der Waals surface area contributed by atoms with Crippen molar-refractivity contribution in [3.05, 3.63) is 29.8 Å². The summed E-state index contributed by atoms with van der Waals surface area (Å²) in [7, 11) is 0. The van der Waals surface area contributed by atoms with Crippen LogP contribution in [0.2, 0.25) is 0 Å². The summed E-state index contributed by atoms with van der Waals surface area (Å²) in [5.41, 5.74) is 6.92. The number of anilines is 1. The first-order chi connectivity index (χ1) is 8.18. The molecule has 3 heteroatoms. The van der Waals surface area contributed by atoms with Crippen molar-refractivity contribution in [3.63, 3.8) is 0 Å². The van der Waals surface area contributed by atoms with Crippen molar-refractivity contribution in [1.82, 2.24) is 5.32 Å². The van der Waals surface area contributed by atoms with Gasteiger partial charge in [-0.1, -0.05) is 25.0 Å². The van der Waals surface area contributed by atoms with E-state index in [-0.39, 0.29) is 11.9 Å². The van der Waals surface area contributed by atoms with E-state index in [1.54, 1.807) is 12.1 Å². The Balaban J connectivity index is 1.99. The Labute approximate surface area is 102 Å². The van der Waals surface area contributed by atoms with Gasteiger partial charge in [0.05, 0.1) is 5.56 Å². The average molecular weight is 232 g/mol. The zero-order chi connectivity index (χ0) is 12.3. The van der Waals surface area contributed by atoms with E-state index >= 15 is 0 Å². The maximum atomic E-state index is 12.0. The Hall–Kier alpha value is -1.51. The molecule has 1 atom stereocenters. The number of nitrogen functional groups attached to an aromatic ring is 1. The van der Waals surface area contributed by atoms with Gasteiger partial charge < -0.3 is 11.1 Å². The smallest absolute Gasteiger partial charge is 0.253 e. The van der Waals surface area contributed by atoms with Gasteiger partial charge in [-0.15, -0.1) is 0 Å². The highest BCUT2D eigenvalue weighted by Gasteiger charge is 2.23. The molecule has 1 aliphatic carbocycles. The number of carbonyl (C=O) groups is 1. The maximum Gasteiger partial charge on any atom is 0.253 e. The van der Waals surface area contributed by atoms with Crippen LogP contribution in [0.5, 0.6) is 0 Å². The fourth-order valence-electron chi connectivity index (χ4n) is 2.56. The molecule has 0 spiro atoms. The molecule has 92 valence electrons. The predicted octanol–water partition coefficient (Wildman–Crippen LogP) is 2.58. The van der Waals surface area contributed by atoms with E-state index in [4.69, 9.17) is 5.73 Å². The van der Waals surface area contributed by atoms with Gasteiger partial charge >= 0.3 is 0 Å². The Kier molecular flexibility index (Phi) is 3.67. The molecule has 1 aromatic carbocycles. The lowest BCUT2D eigenvalue weighted by molar-refractivity contribution is 0.0928. The minimum Gasteiger partial charge on any atom is -0.398 e. The van der Waals surface area contributed by atoms with Gasteiger partial charge in [0.1, 0.15) is 0 Å². The highest BCUT2D eigenvalue weighted by Crippen LogP contribution is 2.27. The minimum absolute atomic E-state index is 0.0532. The second-order valence-corrected chi connectivity index (χ2v) is 4.89. The Morgan fingerprint density at radius 3 is 2.65 bits per heavy atom. The Morgan fingerprint density at radius 2 is 2.00 bits per heavy atom. The van der Waals surface area contributed by atoms with Gasteiger partial charge in [0.15, 0.2) is 0 Å². The molecule has 0 bridgehead atoms. The van der Waals surface area contributed by atoms with E-state index in [1.807, 2.05) is 12.1 Å². The lowest BCUT2D eigenvalue weighted by atomic mass is 9.99. The summed E-state index contributed by atoms with van der Waals surface area (Å²) in [5.74, 6) is 0.575. The van der Waals surface area contributed by atoms with Crippen LogP contribution in [0, 0.1) is 5.92 Å². The van der Waals surface area contributed by atoms with Crippen LogP contribution in [0.4, 0.5) is 5.69 Å². The molecule has 0 heterocycles. The molecular weight excluding hydrogens is 212 g/mol. The summed E-state index contributed by atoms with van der Waals surface area (Å²) < 4.78 is 0. The third-order valence-corrected chi connectivity index (χ3v) is 3.67. The van der Waals surface area contributed by atoms with Crippen LogP contribution >= 0.6 is 0 Å². The molecule has 1 aromatic rings. The topological polar surface area (TPSA) is 55.1 Å². The fourth-order valence-corrected chi connectivity index (χ4v) is 2.56. The van der Waals surface area contributed by atoms with E-state index in [0.29, 0.717) is 17.2 Å². The predicted molar refractivity (Wildman–Crippen MR) is 69.7 cm³/mol. The molecule has 1 amide bonds. The number of amides is 1. The van der Waals surface area contributed by atoms with Crippen LogP contribution in [0.3, 0.4) is 0 Å². The molecule has 0 aliphatic heterocycles. The van der Waals surface area contributed by atoms with Gasteiger partial charge in [0.25, 0.3) is 5.91 Å². The van der Waals surface area contributed by atoms with Gasteiger partial charge in [-0.2, -0.15) is 0 Å². The first kappa shape index (κ1) is 12.0. The highest BCUT2D eigenvalue weighted by molar-refractivity contribution is 5.99. The largest absolute Gasteiger partial charge is 0.398 e. The zero-order valence-electron chi connectivity index (χ0n) is 10.3. The molecule has 0 aromatic heterocycles. The molecule has 17 heavy (non-hydrogen) atoms. The molecule has 2 rings (SSSR count). The molecular formula is C14H20N2O. The van der Waals surface area contributed by atoms with E-state index in [9.17, 15) is 4.79 Å². The van der Waals surface area contributed by atoms with Crippen molar-refractivity contribution >= 4 is 11.6 Å². The van der Waals surface area contributed by atoms with E-state index in [2.05, 4.69) is 12.2 Å². The van der Waals surface area contributed by atoms with E-state index in [0.717, 1.165) is 0 Å². The van der Waals surface area contributed by atoms with Crippen molar-refractivity contribution in [2.75, 3.05) is 5.73 Å². The summed E-state index contributed by atoms with van der Waals surface area (Å²) in [4.78, 5) is 12.0. The molecule has 3 N–H and O–H groups in total. The van der Waals surface area contributed by atoms with Crippen molar-refractivity contribution in [3.8, 4) is 0 Å². The second kappa shape index (κ2) is 5.21. The van der Waals surface area contributed by atoms with Crippen LogP contribution in [0.15, 0.2) is 24.3 Å². The standard InChI is InChI=1S/C14H20N2O/c1-10(11-6-2-3-7-11)16-14(17)12-8-4-5-9-13(12)15/h4-5,8-11H,2-3,6-7,15H2,1H3,(H,16,17)/t10-/m0/s1. The molecule has 0 unspecified atom stereocenters. The van der Waals surface area contributed by atoms with Gasteiger partial charge in [0, 0.05) is 11.7 Å². The van der Waals surface area contributed by atoms with Crippen LogP contribution in [0.1, 0.15) is 43.0 Å². The fraction of sp³-hybridized carbons (Fsp3) is 0.500. The summed E-state index contributed by atoms with van der Waals surface area (Å²) in [5, 5.41) is 3.06. The summed E-state index contributed by atoms with van der Waals surface area (Å²) in [6, 6.07) is 7.45. The van der Waals surface area contributed by atoms with Gasteiger partial charge in [-0.05, 0) is 37.8 Å².